The number of aliphatic hydroxyl groups is 1. The molecule has 2 amide bonds. The summed E-state index contributed by atoms with van der Waals surface area (Å²) in [6.45, 7) is 4.77. The Morgan fingerprint density at radius 2 is 2.04 bits per heavy atom. The molecule has 5 nitrogen and oxygen atoms in total. The lowest BCUT2D eigenvalue weighted by atomic mass is 10.1. The molecule has 2 aliphatic heterocycles. The number of carbonyl (C=O) groups is 1. The number of carbonyl (C=O) groups excluding carboxylic acids is 1. The minimum absolute atomic E-state index is 0.0453. The first-order valence-corrected chi connectivity index (χ1v) is 9.95. The fraction of sp³-hybridized carbons (Fsp3) is 0.611. The second-order valence-corrected chi connectivity index (χ2v) is 7.78. The topological polar surface area (TPSA) is 55.8 Å². The molecule has 1 atom stereocenters. The van der Waals surface area contributed by atoms with E-state index in [1.165, 1.54) is 5.56 Å². The number of hydrogen-bond donors (Lipinski definition) is 2. The van der Waals surface area contributed by atoms with Gasteiger partial charge < -0.3 is 15.3 Å². The van der Waals surface area contributed by atoms with Gasteiger partial charge in [0.1, 0.15) is 0 Å². The van der Waals surface area contributed by atoms with Crippen LogP contribution in [0.2, 0.25) is 0 Å². The van der Waals surface area contributed by atoms with Gasteiger partial charge in [-0.25, -0.2) is 4.79 Å². The van der Waals surface area contributed by atoms with Gasteiger partial charge >= 0.3 is 6.03 Å². The molecule has 2 heterocycles. The van der Waals surface area contributed by atoms with Crippen LogP contribution in [0.25, 0.3) is 0 Å². The Labute approximate surface area is 148 Å². The molecule has 0 bridgehead atoms. The smallest absolute Gasteiger partial charge is 0.317 e. The van der Waals surface area contributed by atoms with Crippen LogP contribution in [-0.2, 0) is 13.1 Å². The lowest BCUT2D eigenvalue weighted by Crippen LogP contribution is -2.41. The van der Waals surface area contributed by atoms with E-state index in [-0.39, 0.29) is 12.1 Å². The molecule has 0 radical (unpaired) electrons. The molecule has 24 heavy (non-hydrogen) atoms. The van der Waals surface area contributed by atoms with Crippen molar-refractivity contribution < 1.29 is 9.90 Å². The third-order valence-electron chi connectivity index (χ3n) is 4.70. The van der Waals surface area contributed by atoms with Crippen LogP contribution in [0.4, 0.5) is 4.79 Å². The number of thioether (sulfide) groups is 1. The number of nitrogens with zero attached hydrogens (tertiary/aromatic N) is 2. The highest BCUT2D eigenvalue weighted by Gasteiger charge is 2.21. The summed E-state index contributed by atoms with van der Waals surface area (Å²) in [5.41, 5.74) is 2.40. The van der Waals surface area contributed by atoms with Crippen LogP contribution in [0.15, 0.2) is 24.3 Å². The van der Waals surface area contributed by atoms with Crippen molar-refractivity contribution in [3.05, 3.63) is 35.4 Å². The zero-order valence-electron chi connectivity index (χ0n) is 14.1. The predicted molar refractivity (Wildman–Crippen MR) is 98.1 cm³/mol. The van der Waals surface area contributed by atoms with Crippen LogP contribution < -0.4 is 5.32 Å². The molecule has 2 saturated heterocycles. The number of benzene rings is 1. The summed E-state index contributed by atoms with van der Waals surface area (Å²) >= 11 is 1.92. The summed E-state index contributed by atoms with van der Waals surface area (Å²) in [5.74, 6) is 2.18. The van der Waals surface area contributed by atoms with Gasteiger partial charge in [-0.2, -0.15) is 11.8 Å². The molecule has 0 aliphatic carbocycles. The van der Waals surface area contributed by atoms with Gasteiger partial charge in [-0.05, 0) is 29.7 Å². The molecule has 1 aromatic rings. The SMILES string of the molecule is O=C(NCc1ccccc1CN1CCC(O)C1)N1CCCSCC1. The van der Waals surface area contributed by atoms with Crippen molar-refractivity contribution >= 4 is 17.8 Å². The third kappa shape index (κ3) is 4.88. The molecule has 0 spiro atoms. The van der Waals surface area contributed by atoms with E-state index < -0.39 is 0 Å². The number of amides is 2. The number of urea groups is 1. The summed E-state index contributed by atoms with van der Waals surface area (Å²) in [5, 5.41) is 12.8. The Hall–Kier alpha value is -1.24. The molecular formula is C18H27N3O2S. The normalized spacial score (nSPS) is 22.4. The Balaban J connectivity index is 1.55. The van der Waals surface area contributed by atoms with E-state index in [0.29, 0.717) is 6.54 Å². The fourth-order valence-corrected chi connectivity index (χ4v) is 4.20. The summed E-state index contributed by atoms with van der Waals surface area (Å²) in [6.07, 6.45) is 1.73. The highest BCUT2D eigenvalue weighted by molar-refractivity contribution is 7.99. The molecular weight excluding hydrogens is 322 g/mol. The Bertz CT molecular complexity index is 547. The van der Waals surface area contributed by atoms with Crippen LogP contribution in [0, 0.1) is 0 Å². The van der Waals surface area contributed by atoms with Gasteiger partial charge in [0.2, 0.25) is 0 Å². The van der Waals surface area contributed by atoms with E-state index in [0.717, 1.165) is 62.6 Å². The Morgan fingerprint density at radius 1 is 1.21 bits per heavy atom. The van der Waals surface area contributed by atoms with Crippen molar-refractivity contribution in [2.45, 2.75) is 32.0 Å². The first-order valence-electron chi connectivity index (χ1n) is 8.80. The molecule has 2 aliphatic rings. The minimum Gasteiger partial charge on any atom is -0.392 e. The molecule has 1 unspecified atom stereocenters. The second kappa shape index (κ2) is 8.74. The lowest BCUT2D eigenvalue weighted by molar-refractivity contribution is 0.174. The highest BCUT2D eigenvalue weighted by atomic mass is 32.2. The predicted octanol–water partition coefficient (Wildman–Crippen LogP) is 1.90. The minimum atomic E-state index is -0.197. The number of β-amino-alcohol motifs (C(OH)–C–C–N with tert-alkyl or cyclic N) is 1. The molecule has 0 aromatic heterocycles. The van der Waals surface area contributed by atoms with Crippen molar-refractivity contribution in [2.75, 3.05) is 37.7 Å². The number of aliphatic hydroxyl groups excluding tert-OH is 1. The van der Waals surface area contributed by atoms with E-state index in [1.54, 1.807) is 0 Å². The molecule has 1 aromatic carbocycles. The van der Waals surface area contributed by atoms with Crippen molar-refractivity contribution in [3.8, 4) is 0 Å². The van der Waals surface area contributed by atoms with Crippen LogP contribution in [0.5, 0.6) is 0 Å². The maximum Gasteiger partial charge on any atom is 0.317 e. The van der Waals surface area contributed by atoms with Crippen molar-refractivity contribution in [3.63, 3.8) is 0 Å². The van der Waals surface area contributed by atoms with Crippen LogP contribution in [0.1, 0.15) is 24.0 Å². The standard InChI is InChI=1S/C18H27N3O2S/c22-17-6-8-20(14-17)13-16-5-2-1-4-15(16)12-19-18(23)21-7-3-10-24-11-9-21/h1-2,4-5,17,22H,3,6-14H2,(H,19,23). The fourth-order valence-electron chi connectivity index (χ4n) is 3.31. The van der Waals surface area contributed by atoms with Gasteiger partial charge in [-0.1, -0.05) is 24.3 Å². The largest absolute Gasteiger partial charge is 0.392 e. The van der Waals surface area contributed by atoms with E-state index in [4.69, 9.17) is 0 Å². The third-order valence-corrected chi connectivity index (χ3v) is 5.75. The van der Waals surface area contributed by atoms with Gasteiger partial charge in [-0.3, -0.25) is 4.90 Å². The summed E-state index contributed by atoms with van der Waals surface area (Å²) in [7, 11) is 0. The first-order chi connectivity index (χ1) is 11.7. The van der Waals surface area contributed by atoms with Crippen LogP contribution in [-0.4, -0.2) is 64.7 Å². The van der Waals surface area contributed by atoms with E-state index in [9.17, 15) is 9.90 Å². The maximum absolute atomic E-state index is 12.4. The second-order valence-electron chi connectivity index (χ2n) is 6.56. The van der Waals surface area contributed by atoms with Gasteiger partial charge in [0.25, 0.3) is 0 Å². The number of rotatable bonds is 4. The van der Waals surface area contributed by atoms with E-state index in [1.807, 2.05) is 28.8 Å². The average Bonchev–Trinajstić information content (AvgIpc) is 2.84. The molecule has 2 N–H and O–H groups in total. The molecule has 2 fully saturated rings. The van der Waals surface area contributed by atoms with Gasteiger partial charge in [0, 0.05) is 45.0 Å². The molecule has 6 heteroatoms. The quantitative estimate of drug-likeness (QED) is 0.872. The summed E-state index contributed by atoms with van der Waals surface area (Å²) in [6, 6.07) is 8.31. The molecule has 0 saturated carbocycles. The number of nitrogens with one attached hydrogen (secondary N) is 1. The Morgan fingerprint density at radius 3 is 2.83 bits per heavy atom. The number of hydrogen-bond acceptors (Lipinski definition) is 4. The van der Waals surface area contributed by atoms with E-state index in [2.05, 4.69) is 22.3 Å². The van der Waals surface area contributed by atoms with Crippen LogP contribution in [0.3, 0.4) is 0 Å². The Kier molecular flexibility index (Phi) is 6.40. The van der Waals surface area contributed by atoms with Crippen molar-refractivity contribution in [2.24, 2.45) is 0 Å². The average molecular weight is 350 g/mol. The summed E-state index contributed by atoms with van der Waals surface area (Å²) in [4.78, 5) is 16.6. The molecule has 132 valence electrons. The first kappa shape index (κ1) is 17.6. The lowest BCUT2D eigenvalue weighted by Gasteiger charge is -2.22. The highest BCUT2D eigenvalue weighted by Crippen LogP contribution is 2.17. The maximum atomic E-state index is 12.4. The molecule has 3 rings (SSSR count). The van der Waals surface area contributed by atoms with E-state index >= 15 is 0 Å². The van der Waals surface area contributed by atoms with Gasteiger partial charge in [0.15, 0.2) is 0 Å². The van der Waals surface area contributed by atoms with Crippen molar-refractivity contribution in [1.29, 1.82) is 0 Å². The van der Waals surface area contributed by atoms with Crippen LogP contribution >= 0.6 is 11.8 Å². The number of likely N-dealkylation sites (tertiary alicyclic amines) is 1. The monoisotopic (exact) mass is 349 g/mol. The van der Waals surface area contributed by atoms with Gasteiger partial charge in [0.05, 0.1) is 6.10 Å². The van der Waals surface area contributed by atoms with Gasteiger partial charge in [-0.15, -0.1) is 0 Å². The summed E-state index contributed by atoms with van der Waals surface area (Å²) < 4.78 is 0. The van der Waals surface area contributed by atoms with Crippen molar-refractivity contribution in [1.82, 2.24) is 15.1 Å². The zero-order chi connectivity index (χ0) is 16.8. The zero-order valence-corrected chi connectivity index (χ0v) is 14.9.